The molecule has 1 atom stereocenters. The Morgan fingerprint density at radius 1 is 1.17 bits per heavy atom. The molecule has 0 radical (unpaired) electrons. The third-order valence-electron chi connectivity index (χ3n) is 5.03. The lowest BCUT2D eigenvalue weighted by atomic mass is 10.0. The van der Waals surface area contributed by atoms with E-state index in [2.05, 4.69) is 32.2 Å². The maximum absolute atomic E-state index is 12.5. The van der Waals surface area contributed by atoms with Gasteiger partial charge in [0.05, 0.1) is 25.0 Å². The summed E-state index contributed by atoms with van der Waals surface area (Å²) in [4.78, 5) is 14.7. The predicted molar refractivity (Wildman–Crippen MR) is 121 cm³/mol. The molecule has 0 aliphatic carbocycles. The Labute approximate surface area is 186 Å². The van der Waals surface area contributed by atoms with Crippen LogP contribution < -0.4 is 5.32 Å². The van der Waals surface area contributed by atoms with Crippen LogP contribution in [-0.4, -0.2) is 57.8 Å². The number of benzene rings is 2. The quantitative estimate of drug-likeness (QED) is 0.610. The van der Waals surface area contributed by atoms with Crippen LogP contribution >= 0.6 is 15.9 Å². The number of halogens is 1. The van der Waals surface area contributed by atoms with Crippen LogP contribution in [0.2, 0.25) is 0 Å². The van der Waals surface area contributed by atoms with E-state index in [-0.39, 0.29) is 11.8 Å². The predicted octanol–water partition coefficient (Wildman–Crippen LogP) is 2.86. The van der Waals surface area contributed by atoms with Gasteiger partial charge in [-0.3, -0.25) is 9.69 Å². The Hall–Kier alpha value is -1.74. The highest BCUT2D eigenvalue weighted by molar-refractivity contribution is 9.10. The minimum Gasteiger partial charge on any atom is -0.379 e. The van der Waals surface area contributed by atoms with Gasteiger partial charge in [0.1, 0.15) is 5.75 Å². The molecule has 1 heterocycles. The molecule has 2 aromatic carbocycles. The zero-order valence-corrected chi connectivity index (χ0v) is 19.4. The van der Waals surface area contributed by atoms with E-state index in [1.165, 1.54) is 0 Å². The average molecular weight is 495 g/mol. The van der Waals surface area contributed by atoms with Crippen molar-refractivity contribution < 1.29 is 17.9 Å². The molecule has 162 valence electrons. The number of nitrogens with zero attached hydrogens (tertiary/aromatic N) is 1. The molecular weight excluding hydrogens is 468 g/mol. The number of carbonyl (C=O) groups is 1. The molecule has 8 heteroatoms. The van der Waals surface area contributed by atoms with Gasteiger partial charge in [0.2, 0.25) is 5.91 Å². The summed E-state index contributed by atoms with van der Waals surface area (Å²) >= 11 is 3.34. The fraction of sp³-hybridized carbons (Fsp3) is 0.409. The second kappa shape index (κ2) is 10.5. The van der Waals surface area contributed by atoms with Gasteiger partial charge < -0.3 is 10.1 Å². The minimum atomic E-state index is -3.56. The van der Waals surface area contributed by atoms with Crippen molar-refractivity contribution in [2.75, 3.05) is 38.6 Å². The fourth-order valence-corrected chi connectivity index (χ4v) is 5.35. The summed E-state index contributed by atoms with van der Waals surface area (Å²) in [5.41, 5.74) is 2.91. The molecule has 2 aromatic rings. The second-order valence-corrected chi connectivity index (χ2v) is 10.5. The highest BCUT2D eigenvalue weighted by atomic mass is 79.9. The summed E-state index contributed by atoms with van der Waals surface area (Å²) in [5.74, 6) is -1.16. The van der Waals surface area contributed by atoms with Crippen LogP contribution in [0.15, 0.2) is 53.0 Å². The van der Waals surface area contributed by atoms with Crippen molar-refractivity contribution >= 4 is 31.7 Å². The molecule has 1 N–H and O–H groups in total. The lowest BCUT2D eigenvalue weighted by Crippen LogP contribution is -2.44. The zero-order chi connectivity index (χ0) is 21.6. The first-order valence-corrected chi connectivity index (χ1v) is 12.5. The normalized spacial score (nSPS) is 16.2. The molecule has 3 rings (SSSR count). The Kier molecular flexibility index (Phi) is 8.05. The van der Waals surface area contributed by atoms with Gasteiger partial charge in [0.25, 0.3) is 0 Å². The summed E-state index contributed by atoms with van der Waals surface area (Å²) in [5, 5.41) is 2.84. The first-order chi connectivity index (χ1) is 14.3. The number of nitrogens with one attached hydrogen (secondary N) is 1. The number of ether oxygens (including phenoxy) is 1. The summed E-state index contributed by atoms with van der Waals surface area (Å²) in [6.07, 6.45) is 0. The average Bonchev–Trinajstić information content (AvgIpc) is 2.68. The van der Waals surface area contributed by atoms with Gasteiger partial charge in [0, 0.05) is 24.1 Å². The third kappa shape index (κ3) is 6.91. The number of carbonyl (C=O) groups excluding carboxylic acids is 1. The molecule has 0 spiro atoms. The maximum Gasteiger partial charge on any atom is 0.235 e. The van der Waals surface area contributed by atoms with E-state index >= 15 is 0 Å². The number of aryl methyl sites for hydroxylation is 1. The fourth-order valence-electron chi connectivity index (χ4n) is 3.62. The molecule has 1 fully saturated rings. The van der Waals surface area contributed by atoms with E-state index in [1.54, 1.807) is 18.2 Å². The molecule has 6 nitrogen and oxygen atoms in total. The molecule has 0 aromatic heterocycles. The van der Waals surface area contributed by atoms with E-state index in [0.29, 0.717) is 25.3 Å². The van der Waals surface area contributed by atoms with Crippen molar-refractivity contribution in [3.63, 3.8) is 0 Å². The molecule has 1 unspecified atom stereocenters. The molecule has 30 heavy (non-hydrogen) atoms. The molecule has 1 aliphatic heterocycles. The Balaban J connectivity index is 1.63. The van der Waals surface area contributed by atoms with Crippen molar-refractivity contribution in [1.29, 1.82) is 0 Å². The first-order valence-electron chi connectivity index (χ1n) is 9.92. The smallest absolute Gasteiger partial charge is 0.235 e. The van der Waals surface area contributed by atoms with Crippen LogP contribution in [0.25, 0.3) is 0 Å². The Morgan fingerprint density at radius 2 is 1.90 bits per heavy atom. The number of hydrogen-bond donors (Lipinski definition) is 1. The number of hydrogen-bond acceptors (Lipinski definition) is 5. The van der Waals surface area contributed by atoms with Gasteiger partial charge in [-0.05, 0) is 30.2 Å². The maximum atomic E-state index is 12.5. The highest BCUT2D eigenvalue weighted by Gasteiger charge is 2.24. The third-order valence-corrected chi connectivity index (χ3v) is 7.00. The van der Waals surface area contributed by atoms with Crippen LogP contribution in [0.5, 0.6) is 0 Å². The van der Waals surface area contributed by atoms with E-state index in [4.69, 9.17) is 4.74 Å². The van der Waals surface area contributed by atoms with Crippen LogP contribution in [0, 0.1) is 6.92 Å². The Bertz CT molecular complexity index is 975. The topological polar surface area (TPSA) is 75.7 Å². The summed E-state index contributed by atoms with van der Waals surface area (Å²) < 4.78 is 31.2. The number of amides is 1. The monoisotopic (exact) mass is 494 g/mol. The molecule has 1 saturated heterocycles. The van der Waals surface area contributed by atoms with Crippen molar-refractivity contribution in [2.24, 2.45) is 0 Å². The van der Waals surface area contributed by atoms with Gasteiger partial charge >= 0.3 is 0 Å². The lowest BCUT2D eigenvalue weighted by molar-refractivity contribution is -0.119. The largest absolute Gasteiger partial charge is 0.379 e. The number of rotatable bonds is 8. The molecule has 0 saturated carbocycles. The van der Waals surface area contributed by atoms with Gasteiger partial charge in [-0.2, -0.15) is 0 Å². The summed E-state index contributed by atoms with van der Waals surface area (Å²) in [7, 11) is -3.56. The van der Waals surface area contributed by atoms with Crippen molar-refractivity contribution in [3.05, 3.63) is 69.7 Å². The van der Waals surface area contributed by atoms with Crippen molar-refractivity contribution in [1.82, 2.24) is 10.2 Å². The van der Waals surface area contributed by atoms with Gasteiger partial charge in [0.15, 0.2) is 9.84 Å². The standard InChI is InChI=1S/C22H27BrN2O4S/c1-17-4-2-6-19(12-17)21(25-8-10-29-11-9-25)14-24-22(26)16-30(27,28)15-18-5-3-7-20(23)13-18/h2-7,12-13,21H,8-11,14-16H2,1H3,(H,24,26). The highest BCUT2D eigenvalue weighted by Crippen LogP contribution is 2.22. The Morgan fingerprint density at radius 3 is 2.60 bits per heavy atom. The van der Waals surface area contributed by atoms with Crippen LogP contribution in [0.1, 0.15) is 22.7 Å². The second-order valence-electron chi connectivity index (χ2n) is 7.54. The SMILES string of the molecule is Cc1cccc(C(CNC(=O)CS(=O)(=O)Cc2cccc(Br)c2)N2CCOCC2)c1. The summed E-state index contributed by atoms with van der Waals surface area (Å²) in [6.45, 7) is 5.24. The zero-order valence-electron chi connectivity index (χ0n) is 17.0. The van der Waals surface area contributed by atoms with Gasteiger partial charge in [-0.25, -0.2) is 8.42 Å². The van der Waals surface area contributed by atoms with Gasteiger partial charge in [-0.1, -0.05) is 57.9 Å². The van der Waals surface area contributed by atoms with E-state index in [1.807, 2.05) is 31.2 Å². The van der Waals surface area contributed by atoms with Crippen molar-refractivity contribution in [3.8, 4) is 0 Å². The number of sulfone groups is 1. The van der Waals surface area contributed by atoms with Crippen LogP contribution in [0.3, 0.4) is 0 Å². The lowest BCUT2D eigenvalue weighted by Gasteiger charge is -2.35. The van der Waals surface area contributed by atoms with E-state index in [9.17, 15) is 13.2 Å². The summed E-state index contributed by atoms with van der Waals surface area (Å²) in [6, 6.07) is 15.3. The molecule has 1 amide bonds. The van der Waals surface area contributed by atoms with Crippen LogP contribution in [-0.2, 0) is 25.1 Å². The molecule has 0 bridgehead atoms. The molecule has 1 aliphatic rings. The van der Waals surface area contributed by atoms with Crippen LogP contribution in [0.4, 0.5) is 0 Å². The first kappa shape index (κ1) is 22.9. The van der Waals surface area contributed by atoms with E-state index < -0.39 is 21.5 Å². The minimum absolute atomic E-state index is 0.0227. The molecular formula is C22H27BrN2O4S. The number of morpholine rings is 1. The van der Waals surface area contributed by atoms with E-state index in [0.717, 1.165) is 28.7 Å². The van der Waals surface area contributed by atoms with Gasteiger partial charge in [-0.15, -0.1) is 0 Å². The van der Waals surface area contributed by atoms with Crippen molar-refractivity contribution in [2.45, 2.75) is 18.7 Å².